The molecule has 0 aliphatic rings. The molecule has 18 heavy (non-hydrogen) atoms. The molecule has 0 N–H and O–H groups in total. The Bertz CT molecular complexity index is 708. The molecule has 0 saturated carbocycles. The molecular weight excluding hydrogens is 224 g/mol. The van der Waals surface area contributed by atoms with Crippen molar-refractivity contribution in [3.05, 3.63) is 60.6 Å². The van der Waals surface area contributed by atoms with Crippen molar-refractivity contribution in [1.29, 1.82) is 0 Å². The van der Waals surface area contributed by atoms with Crippen LogP contribution in [-0.4, -0.2) is 16.3 Å². The Kier molecular flexibility index (Phi) is 2.57. The van der Waals surface area contributed by atoms with E-state index >= 15 is 0 Å². The standard InChI is InChI=1S/C15H10N2O/c18-10-13-7-16-9-15-14(13)6-12(8-17-15)11-4-2-1-3-5-11/h1-10H. The molecule has 0 saturated heterocycles. The molecule has 0 fully saturated rings. The summed E-state index contributed by atoms with van der Waals surface area (Å²) in [6, 6.07) is 11.9. The average molecular weight is 234 g/mol. The number of rotatable bonds is 2. The Balaban J connectivity index is 2.25. The number of benzene rings is 1. The molecule has 0 amide bonds. The van der Waals surface area contributed by atoms with Crippen molar-refractivity contribution >= 4 is 17.2 Å². The Labute approximate surface area is 104 Å². The molecule has 2 aromatic heterocycles. The zero-order valence-electron chi connectivity index (χ0n) is 9.58. The normalized spacial score (nSPS) is 10.4. The van der Waals surface area contributed by atoms with Crippen molar-refractivity contribution < 1.29 is 4.79 Å². The number of pyridine rings is 2. The summed E-state index contributed by atoms with van der Waals surface area (Å²) in [5.74, 6) is 0. The third-order valence-corrected chi connectivity index (χ3v) is 2.87. The lowest BCUT2D eigenvalue weighted by molar-refractivity contribution is 0.112. The van der Waals surface area contributed by atoms with Gasteiger partial charge >= 0.3 is 0 Å². The van der Waals surface area contributed by atoms with Crippen molar-refractivity contribution in [3.8, 4) is 11.1 Å². The van der Waals surface area contributed by atoms with Gasteiger partial charge in [0.05, 0.1) is 11.7 Å². The minimum atomic E-state index is 0.567. The lowest BCUT2D eigenvalue weighted by Gasteiger charge is -2.04. The van der Waals surface area contributed by atoms with Gasteiger partial charge in [0.15, 0.2) is 6.29 Å². The van der Waals surface area contributed by atoms with Crippen LogP contribution >= 0.6 is 0 Å². The topological polar surface area (TPSA) is 42.9 Å². The van der Waals surface area contributed by atoms with Gasteiger partial charge in [-0.05, 0) is 11.6 Å². The fourth-order valence-corrected chi connectivity index (χ4v) is 1.95. The number of aromatic nitrogens is 2. The fraction of sp³-hybridized carbons (Fsp3) is 0. The number of nitrogens with zero attached hydrogens (tertiary/aromatic N) is 2. The number of hydrogen-bond donors (Lipinski definition) is 0. The fourth-order valence-electron chi connectivity index (χ4n) is 1.95. The van der Waals surface area contributed by atoms with Gasteiger partial charge in [0.2, 0.25) is 0 Å². The van der Waals surface area contributed by atoms with Crippen LogP contribution in [0.1, 0.15) is 10.4 Å². The van der Waals surface area contributed by atoms with E-state index in [1.54, 1.807) is 18.6 Å². The highest BCUT2D eigenvalue weighted by Crippen LogP contribution is 2.23. The highest BCUT2D eigenvalue weighted by atomic mass is 16.1. The monoisotopic (exact) mass is 234 g/mol. The van der Waals surface area contributed by atoms with Crippen LogP contribution in [0.25, 0.3) is 22.0 Å². The second-order valence-corrected chi connectivity index (χ2v) is 4.00. The molecule has 2 heterocycles. The molecule has 3 nitrogen and oxygen atoms in total. The Morgan fingerprint density at radius 1 is 0.944 bits per heavy atom. The van der Waals surface area contributed by atoms with Crippen LogP contribution in [0.15, 0.2) is 55.0 Å². The molecule has 0 unspecified atom stereocenters. The van der Waals surface area contributed by atoms with Gasteiger partial charge in [0.25, 0.3) is 0 Å². The lowest BCUT2D eigenvalue weighted by Crippen LogP contribution is -1.89. The summed E-state index contributed by atoms with van der Waals surface area (Å²) in [7, 11) is 0. The summed E-state index contributed by atoms with van der Waals surface area (Å²) in [6.45, 7) is 0. The molecule has 3 rings (SSSR count). The van der Waals surface area contributed by atoms with E-state index in [9.17, 15) is 4.79 Å². The molecule has 0 radical (unpaired) electrons. The van der Waals surface area contributed by atoms with Crippen molar-refractivity contribution in [1.82, 2.24) is 9.97 Å². The van der Waals surface area contributed by atoms with E-state index in [1.807, 2.05) is 36.4 Å². The maximum absolute atomic E-state index is 11.0. The number of aldehydes is 1. The zero-order chi connectivity index (χ0) is 12.4. The summed E-state index contributed by atoms with van der Waals surface area (Å²) in [6.07, 6.45) is 5.84. The average Bonchev–Trinajstić information content (AvgIpc) is 2.47. The first-order valence-electron chi connectivity index (χ1n) is 5.63. The van der Waals surface area contributed by atoms with Gasteiger partial charge in [0, 0.05) is 28.9 Å². The Hall–Kier alpha value is -2.55. The maximum Gasteiger partial charge on any atom is 0.152 e. The number of carbonyl (C=O) groups is 1. The van der Waals surface area contributed by atoms with Gasteiger partial charge in [-0.2, -0.15) is 0 Å². The first-order valence-corrected chi connectivity index (χ1v) is 5.63. The van der Waals surface area contributed by atoms with Gasteiger partial charge < -0.3 is 0 Å². The molecule has 3 aromatic rings. The largest absolute Gasteiger partial charge is 0.298 e. The minimum absolute atomic E-state index is 0.567. The first kappa shape index (κ1) is 10.6. The van der Waals surface area contributed by atoms with Crippen LogP contribution in [-0.2, 0) is 0 Å². The summed E-state index contributed by atoms with van der Waals surface area (Å²) < 4.78 is 0. The van der Waals surface area contributed by atoms with Crippen LogP contribution in [0, 0.1) is 0 Å². The third-order valence-electron chi connectivity index (χ3n) is 2.87. The van der Waals surface area contributed by atoms with Gasteiger partial charge in [-0.3, -0.25) is 14.8 Å². The van der Waals surface area contributed by atoms with Crippen molar-refractivity contribution in [2.24, 2.45) is 0 Å². The Morgan fingerprint density at radius 2 is 1.78 bits per heavy atom. The van der Waals surface area contributed by atoms with Crippen LogP contribution in [0.3, 0.4) is 0 Å². The van der Waals surface area contributed by atoms with Crippen LogP contribution < -0.4 is 0 Å². The van der Waals surface area contributed by atoms with Gasteiger partial charge in [0.1, 0.15) is 0 Å². The minimum Gasteiger partial charge on any atom is -0.298 e. The predicted molar refractivity (Wildman–Crippen MR) is 70.4 cm³/mol. The van der Waals surface area contributed by atoms with E-state index in [0.29, 0.717) is 5.56 Å². The smallest absolute Gasteiger partial charge is 0.152 e. The van der Waals surface area contributed by atoms with Crippen LogP contribution in [0.4, 0.5) is 0 Å². The molecule has 0 atom stereocenters. The molecule has 0 spiro atoms. The van der Waals surface area contributed by atoms with Crippen molar-refractivity contribution in [2.45, 2.75) is 0 Å². The molecule has 86 valence electrons. The van der Waals surface area contributed by atoms with E-state index in [1.165, 1.54) is 0 Å². The molecule has 3 heteroatoms. The van der Waals surface area contributed by atoms with Crippen LogP contribution in [0.2, 0.25) is 0 Å². The number of carbonyl (C=O) groups excluding carboxylic acids is 1. The van der Waals surface area contributed by atoms with E-state index in [4.69, 9.17) is 0 Å². The van der Waals surface area contributed by atoms with Gasteiger partial charge in [-0.15, -0.1) is 0 Å². The summed E-state index contributed by atoms with van der Waals surface area (Å²) in [5, 5.41) is 0.835. The van der Waals surface area contributed by atoms with Crippen molar-refractivity contribution in [2.75, 3.05) is 0 Å². The lowest BCUT2D eigenvalue weighted by atomic mass is 10.0. The number of fused-ring (bicyclic) bond motifs is 1. The molecule has 0 bridgehead atoms. The summed E-state index contributed by atoms with van der Waals surface area (Å²) in [4.78, 5) is 19.3. The second kappa shape index (κ2) is 4.37. The predicted octanol–water partition coefficient (Wildman–Crippen LogP) is 3.11. The molecular formula is C15H10N2O. The van der Waals surface area contributed by atoms with E-state index < -0.39 is 0 Å². The van der Waals surface area contributed by atoms with E-state index in [-0.39, 0.29) is 0 Å². The van der Waals surface area contributed by atoms with Gasteiger partial charge in [-0.1, -0.05) is 30.3 Å². The molecule has 0 aliphatic carbocycles. The van der Waals surface area contributed by atoms with Gasteiger partial charge in [-0.25, -0.2) is 0 Å². The maximum atomic E-state index is 11.0. The first-order chi connectivity index (χ1) is 8.88. The number of hydrogen-bond acceptors (Lipinski definition) is 3. The van der Waals surface area contributed by atoms with E-state index in [0.717, 1.165) is 28.3 Å². The SMILES string of the molecule is O=Cc1cncc2ncc(-c3ccccc3)cc12. The summed E-state index contributed by atoms with van der Waals surface area (Å²) >= 11 is 0. The van der Waals surface area contributed by atoms with E-state index in [2.05, 4.69) is 9.97 Å². The molecule has 1 aromatic carbocycles. The van der Waals surface area contributed by atoms with Crippen LogP contribution in [0.5, 0.6) is 0 Å². The highest BCUT2D eigenvalue weighted by molar-refractivity contribution is 5.97. The zero-order valence-corrected chi connectivity index (χ0v) is 9.58. The summed E-state index contributed by atoms with van der Waals surface area (Å²) in [5.41, 5.74) is 3.38. The quantitative estimate of drug-likeness (QED) is 0.640. The Morgan fingerprint density at radius 3 is 2.56 bits per heavy atom. The second-order valence-electron chi connectivity index (χ2n) is 4.00. The molecule has 0 aliphatic heterocycles. The van der Waals surface area contributed by atoms with Crippen molar-refractivity contribution in [3.63, 3.8) is 0 Å². The highest BCUT2D eigenvalue weighted by Gasteiger charge is 2.04. The third kappa shape index (κ3) is 1.76.